The monoisotopic (exact) mass is 453 g/mol. The number of likely N-dealkylation sites (tertiary alicyclic amines) is 1. The van der Waals surface area contributed by atoms with Crippen LogP contribution in [0.4, 0.5) is 10.6 Å². The van der Waals surface area contributed by atoms with Gasteiger partial charge in [0.2, 0.25) is 0 Å². The highest BCUT2D eigenvalue weighted by Crippen LogP contribution is 2.29. The number of allylic oxidation sites excluding steroid dienone is 2. The zero-order chi connectivity index (χ0) is 23.5. The third-order valence-corrected chi connectivity index (χ3v) is 6.62. The standard InChI is InChI=1S/C25H28BN7O/c1-17-5-2-3-7-21(17)31-25(34)32-11-8-19(9-12-32)22-13-23(28-15-18-6-4-10-27-14-18)33-24(30-22)20(26)16-29-33/h2-7,10,13-14,16-17,19,21,28H,8-9,11-12,15H2,1H3,(H,31,34). The Kier molecular flexibility index (Phi) is 6.34. The second-order valence-corrected chi connectivity index (χ2v) is 8.98. The van der Waals surface area contributed by atoms with Gasteiger partial charge in [-0.3, -0.25) is 4.98 Å². The molecule has 1 saturated heterocycles. The molecule has 4 heterocycles. The van der Waals surface area contributed by atoms with Gasteiger partial charge in [0.15, 0.2) is 0 Å². The minimum absolute atomic E-state index is 0.00229. The molecule has 3 aromatic rings. The van der Waals surface area contributed by atoms with E-state index in [2.05, 4.69) is 39.8 Å². The fraction of sp³-hybridized carbons (Fsp3) is 0.360. The molecule has 0 spiro atoms. The van der Waals surface area contributed by atoms with Gasteiger partial charge in [0.1, 0.15) is 19.3 Å². The van der Waals surface area contributed by atoms with Gasteiger partial charge in [0.05, 0.1) is 6.04 Å². The fourth-order valence-electron chi connectivity index (χ4n) is 4.54. The summed E-state index contributed by atoms with van der Waals surface area (Å²) in [6, 6.07) is 6.03. The lowest BCUT2D eigenvalue weighted by Gasteiger charge is -2.33. The predicted molar refractivity (Wildman–Crippen MR) is 133 cm³/mol. The molecule has 34 heavy (non-hydrogen) atoms. The number of urea groups is 1. The number of aromatic nitrogens is 4. The lowest BCUT2D eigenvalue weighted by molar-refractivity contribution is 0.177. The summed E-state index contributed by atoms with van der Waals surface area (Å²) in [6.45, 7) is 4.11. The molecule has 2 aliphatic rings. The predicted octanol–water partition coefficient (Wildman–Crippen LogP) is 2.55. The van der Waals surface area contributed by atoms with Crippen LogP contribution in [0.1, 0.15) is 36.9 Å². The number of carbonyl (C=O) groups excluding carboxylic acids is 1. The van der Waals surface area contributed by atoms with Crippen molar-refractivity contribution in [3.05, 3.63) is 72.4 Å². The molecule has 2 radical (unpaired) electrons. The van der Waals surface area contributed by atoms with Crippen molar-refractivity contribution in [3.8, 4) is 0 Å². The van der Waals surface area contributed by atoms with Crippen molar-refractivity contribution >= 4 is 30.8 Å². The van der Waals surface area contributed by atoms with E-state index in [0.29, 0.717) is 36.7 Å². The summed E-state index contributed by atoms with van der Waals surface area (Å²) in [5.41, 5.74) is 3.25. The van der Waals surface area contributed by atoms with Gasteiger partial charge >= 0.3 is 6.03 Å². The number of fused-ring (bicyclic) bond motifs is 1. The molecule has 1 aliphatic carbocycles. The van der Waals surface area contributed by atoms with Crippen molar-refractivity contribution in [3.63, 3.8) is 0 Å². The lowest BCUT2D eigenvalue weighted by atomic mass is 9.92. The first kappa shape index (κ1) is 22.2. The molecule has 172 valence electrons. The molecule has 0 saturated carbocycles. The fourth-order valence-corrected chi connectivity index (χ4v) is 4.54. The number of rotatable bonds is 5. The van der Waals surface area contributed by atoms with Crippen LogP contribution in [0.25, 0.3) is 5.65 Å². The summed E-state index contributed by atoms with van der Waals surface area (Å²) >= 11 is 0. The summed E-state index contributed by atoms with van der Waals surface area (Å²) < 4.78 is 1.74. The highest BCUT2D eigenvalue weighted by Gasteiger charge is 2.27. The minimum atomic E-state index is -0.00229. The summed E-state index contributed by atoms with van der Waals surface area (Å²) in [7, 11) is 6.16. The lowest BCUT2D eigenvalue weighted by Crippen LogP contribution is -2.48. The Bertz CT molecular complexity index is 1210. The number of amides is 2. The van der Waals surface area contributed by atoms with Crippen molar-refractivity contribution in [2.75, 3.05) is 18.4 Å². The molecule has 2 N–H and O–H groups in total. The van der Waals surface area contributed by atoms with Crippen LogP contribution in [0.2, 0.25) is 0 Å². The number of piperidine rings is 1. The van der Waals surface area contributed by atoms with Crippen molar-refractivity contribution < 1.29 is 4.79 Å². The quantitative estimate of drug-likeness (QED) is 0.580. The number of hydrogen-bond acceptors (Lipinski definition) is 5. The van der Waals surface area contributed by atoms with Crippen molar-refractivity contribution in [1.29, 1.82) is 0 Å². The molecule has 1 aliphatic heterocycles. The van der Waals surface area contributed by atoms with Gasteiger partial charge < -0.3 is 15.5 Å². The second-order valence-electron chi connectivity index (χ2n) is 8.98. The summed E-state index contributed by atoms with van der Waals surface area (Å²) in [5, 5.41) is 11.0. The molecule has 2 amide bonds. The molecule has 9 heteroatoms. The van der Waals surface area contributed by atoms with Crippen LogP contribution < -0.4 is 16.1 Å². The van der Waals surface area contributed by atoms with Gasteiger partial charge in [0, 0.05) is 55.9 Å². The van der Waals surface area contributed by atoms with Crippen LogP contribution >= 0.6 is 0 Å². The second kappa shape index (κ2) is 9.71. The van der Waals surface area contributed by atoms with E-state index in [0.717, 1.165) is 29.9 Å². The van der Waals surface area contributed by atoms with E-state index >= 15 is 0 Å². The van der Waals surface area contributed by atoms with Crippen molar-refractivity contribution in [2.24, 2.45) is 5.92 Å². The Hall–Kier alpha value is -3.62. The Morgan fingerprint density at radius 1 is 1.21 bits per heavy atom. The first-order valence-electron chi connectivity index (χ1n) is 11.8. The van der Waals surface area contributed by atoms with Gasteiger partial charge in [-0.25, -0.2) is 9.78 Å². The van der Waals surface area contributed by atoms with E-state index in [9.17, 15) is 4.79 Å². The number of nitrogens with zero attached hydrogens (tertiary/aromatic N) is 5. The summed E-state index contributed by atoms with van der Waals surface area (Å²) in [4.78, 5) is 23.7. The number of anilines is 1. The van der Waals surface area contributed by atoms with Gasteiger partial charge in [0.25, 0.3) is 0 Å². The molecule has 5 rings (SSSR count). The smallest absolute Gasteiger partial charge is 0.317 e. The van der Waals surface area contributed by atoms with Crippen LogP contribution in [0.5, 0.6) is 0 Å². The van der Waals surface area contributed by atoms with Crippen molar-refractivity contribution in [2.45, 2.75) is 38.3 Å². The summed E-state index contributed by atoms with van der Waals surface area (Å²) in [6.07, 6.45) is 15.1. The highest BCUT2D eigenvalue weighted by molar-refractivity contribution is 6.36. The molecule has 0 aromatic carbocycles. The van der Waals surface area contributed by atoms with E-state index in [1.54, 1.807) is 16.9 Å². The van der Waals surface area contributed by atoms with Crippen LogP contribution in [-0.2, 0) is 6.54 Å². The first-order chi connectivity index (χ1) is 16.6. The van der Waals surface area contributed by atoms with E-state index in [1.807, 2.05) is 41.5 Å². The average molecular weight is 453 g/mol. The van der Waals surface area contributed by atoms with Crippen LogP contribution in [-0.4, -0.2) is 57.5 Å². The zero-order valence-corrected chi connectivity index (χ0v) is 19.3. The minimum Gasteiger partial charge on any atom is -0.366 e. The van der Waals surface area contributed by atoms with Gasteiger partial charge in [-0.2, -0.15) is 9.61 Å². The molecular formula is C25H28BN7O. The summed E-state index contributed by atoms with van der Waals surface area (Å²) in [5.74, 6) is 1.38. The van der Waals surface area contributed by atoms with Crippen LogP contribution in [0, 0.1) is 5.92 Å². The molecule has 2 atom stereocenters. The Balaban J connectivity index is 1.27. The molecule has 3 aromatic heterocycles. The Morgan fingerprint density at radius 3 is 2.79 bits per heavy atom. The van der Waals surface area contributed by atoms with E-state index < -0.39 is 0 Å². The van der Waals surface area contributed by atoms with Gasteiger partial charge in [-0.05, 0) is 35.9 Å². The number of carbonyl (C=O) groups is 1. The SMILES string of the molecule is [B]c1cnn2c(NCc3cccnc3)cc(C3CCN(C(=O)NC4C=CC=CC4C)CC3)nc12. The maximum Gasteiger partial charge on any atom is 0.317 e. The number of hydrogen-bond donors (Lipinski definition) is 2. The maximum atomic E-state index is 12.8. The molecule has 0 bridgehead atoms. The van der Waals surface area contributed by atoms with E-state index in [-0.39, 0.29) is 18.0 Å². The third-order valence-electron chi connectivity index (χ3n) is 6.62. The van der Waals surface area contributed by atoms with Gasteiger partial charge in [-0.1, -0.05) is 37.3 Å². The molecular weight excluding hydrogens is 425 g/mol. The van der Waals surface area contributed by atoms with Gasteiger partial charge in [-0.15, -0.1) is 0 Å². The molecule has 8 nitrogen and oxygen atoms in total. The average Bonchev–Trinajstić information content (AvgIpc) is 3.25. The molecule has 2 unspecified atom stereocenters. The normalized spacial score (nSPS) is 20.6. The third kappa shape index (κ3) is 4.69. The first-order valence-corrected chi connectivity index (χ1v) is 11.8. The Morgan fingerprint density at radius 2 is 2.03 bits per heavy atom. The topological polar surface area (TPSA) is 87.5 Å². The maximum absolute atomic E-state index is 12.8. The van der Waals surface area contributed by atoms with E-state index in [1.165, 1.54) is 0 Å². The highest BCUT2D eigenvalue weighted by atomic mass is 16.2. The zero-order valence-electron chi connectivity index (χ0n) is 19.3. The van der Waals surface area contributed by atoms with Crippen LogP contribution in [0.15, 0.2) is 61.1 Å². The number of pyridine rings is 1. The van der Waals surface area contributed by atoms with E-state index in [4.69, 9.17) is 12.8 Å². The van der Waals surface area contributed by atoms with Crippen molar-refractivity contribution in [1.82, 2.24) is 29.8 Å². The van der Waals surface area contributed by atoms with Crippen LogP contribution in [0.3, 0.4) is 0 Å². The molecule has 1 fully saturated rings. The number of nitrogens with one attached hydrogen (secondary N) is 2. The Labute approximate surface area is 200 Å². The largest absolute Gasteiger partial charge is 0.366 e.